The molecule has 2 aromatic rings. The minimum absolute atomic E-state index is 0.0416. The maximum Gasteiger partial charge on any atom is 0.358 e. The molecule has 0 aliphatic rings. The summed E-state index contributed by atoms with van der Waals surface area (Å²) >= 11 is 0. The average Bonchev–Trinajstić information content (AvgIpc) is 2.73. The molecular weight excluding hydrogens is 230 g/mol. The quantitative estimate of drug-likeness (QED) is 0.898. The summed E-state index contributed by atoms with van der Waals surface area (Å²) in [5.41, 5.74) is 2.20. The van der Waals surface area contributed by atoms with Crippen LogP contribution < -0.4 is 0 Å². The smallest absolute Gasteiger partial charge is 0.358 e. The van der Waals surface area contributed by atoms with Gasteiger partial charge in [0, 0.05) is 0 Å². The van der Waals surface area contributed by atoms with Gasteiger partial charge in [-0.1, -0.05) is 29.0 Å². The van der Waals surface area contributed by atoms with E-state index in [1.54, 1.807) is 6.08 Å². The number of para-hydroxylation sites is 1. The van der Waals surface area contributed by atoms with Crippen LogP contribution >= 0.6 is 0 Å². The van der Waals surface area contributed by atoms with Gasteiger partial charge in [0.05, 0.1) is 5.69 Å². The van der Waals surface area contributed by atoms with Crippen LogP contribution in [0.25, 0.3) is 11.8 Å². The summed E-state index contributed by atoms with van der Waals surface area (Å²) in [5, 5.41) is 16.7. The molecule has 0 aliphatic carbocycles. The molecule has 0 amide bonds. The summed E-state index contributed by atoms with van der Waals surface area (Å²) in [4.78, 5) is 11.1. The predicted octanol–water partition coefficient (Wildman–Crippen LogP) is 2.39. The highest BCUT2D eigenvalue weighted by atomic mass is 16.4. The molecule has 0 unspecified atom stereocenters. The Balaban J connectivity index is 2.62. The molecule has 5 heteroatoms. The first-order valence-corrected chi connectivity index (χ1v) is 5.49. The second kappa shape index (κ2) is 4.83. The fraction of sp³-hybridized carbons (Fsp3) is 0.154. The molecule has 0 bridgehead atoms. The van der Waals surface area contributed by atoms with E-state index >= 15 is 0 Å². The van der Waals surface area contributed by atoms with Crippen LogP contribution in [0.1, 0.15) is 30.0 Å². The first-order valence-electron chi connectivity index (χ1n) is 5.49. The maximum absolute atomic E-state index is 11.1. The maximum atomic E-state index is 11.1. The van der Waals surface area contributed by atoms with Crippen molar-refractivity contribution in [2.45, 2.75) is 13.8 Å². The number of carboxylic acid groups (broad SMARTS) is 1. The summed E-state index contributed by atoms with van der Waals surface area (Å²) in [6, 6.07) is 9.32. The van der Waals surface area contributed by atoms with E-state index in [4.69, 9.17) is 5.11 Å². The zero-order valence-electron chi connectivity index (χ0n) is 10.2. The third kappa shape index (κ3) is 2.29. The molecule has 1 N–H and O–H groups in total. The highest BCUT2D eigenvalue weighted by molar-refractivity contribution is 5.89. The topological polar surface area (TPSA) is 68.0 Å². The number of nitrogens with zero attached hydrogens (tertiary/aromatic N) is 3. The summed E-state index contributed by atoms with van der Waals surface area (Å²) in [6.07, 6.45) is 1.76. The second-order valence-corrected chi connectivity index (χ2v) is 4.10. The molecule has 18 heavy (non-hydrogen) atoms. The predicted molar refractivity (Wildman–Crippen MR) is 67.6 cm³/mol. The number of aromatic nitrogens is 3. The van der Waals surface area contributed by atoms with Gasteiger partial charge >= 0.3 is 5.97 Å². The van der Waals surface area contributed by atoms with Gasteiger partial charge in [-0.3, -0.25) is 0 Å². The van der Waals surface area contributed by atoms with Crippen LogP contribution in [0.4, 0.5) is 0 Å². The van der Waals surface area contributed by atoms with E-state index in [1.165, 1.54) is 4.68 Å². The van der Waals surface area contributed by atoms with Gasteiger partial charge in [-0.15, -0.1) is 5.10 Å². The van der Waals surface area contributed by atoms with Crippen molar-refractivity contribution in [1.82, 2.24) is 15.0 Å². The van der Waals surface area contributed by atoms with Crippen molar-refractivity contribution in [2.75, 3.05) is 0 Å². The first kappa shape index (κ1) is 12.0. The first-order chi connectivity index (χ1) is 8.59. The van der Waals surface area contributed by atoms with E-state index in [2.05, 4.69) is 10.3 Å². The number of carboxylic acids is 1. The molecule has 92 valence electrons. The van der Waals surface area contributed by atoms with Crippen LogP contribution in [0.3, 0.4) is 0 Å². The van der Waals surface area contributed by atoms with Crippen LogP contribution in [0, 0.1) is 0 Å². The molecule has 0 radical (unpaired) electrons. The van der Waals surface area contributed by atoms with Crippen molar-refractivity contribution in [3.05, 3.63) is 47.3 Å². The number of hydrogen-bond acceptors (Lipinski definition) is 3. The molecule has 1 aromatic carbocycles. The van der Waals surface area contributed by atoms with Crippen molar-refractivity contribution in [1.29, 1.82) is 0 Å². The third-order valence-corrected chi connectivity index (χ3v) is 2.33. The Hall–Kier alpha value is -2.43. The van der Waals surface area contributed by atoms with Gasteiger partial charge in [-0.05, 0) is 32.1 Å². The number of allylic oxidation sites excluding steroid dienone is 1. The van der Waals surface area contributed by atoms with Gasteiger partial charge in [0.1, 0.15) is 5.69 Å². The number of benzene rings is 1. The minimum Gasteiger partial charge on any atom is -0.476 e. The third-order valence-electron chi connectivity index (χ3n) is 2.33. The van der Waals surface area contributed by atoms with E-state index in [0.29, 0.717) is 5.69 Å². The van der Waals surface area contributed by atoms with E-state index in [9.17, 15) is 4.79 Å². The summed E-state index contributed by atoms with van der Waals surface area (Å²) in [7, 11) is 0. The van der Waals surface area contributed by atoms with Crippen LogP contribution in [0.15, 0.2) is 35.9 Å². The van der Waals surface area contributed by atoms with E-state index < -0.39 is 5.97 Å². The second-order valence-electron chi connectivity index (χ2n) is 4.10. The van der Waals surface area contributed by atoms with Crippen LogP contribution in [0.2, 0.25) is 0 Å². The summed E-state index contributed by atoms with van der Waals surface area (Å²) in [5.74, 6) is -1.08. The van der Waals surface area contributed by atoms with Crippen LogP contribution in [0.5, 0.6) is 0 Å². The van der Waals surface area contributed by atoms with Gasteiger partial charge in [0.2, 0.25) is 0 Å². The van der Waals surface area contributed by atoms with Crippen molar-refractivity contribution < 1.29 is 9.90 Å². The van der Waals surface area contributed by atoms with Gasteiger partial charge in [-0.25, -0.2) is 9.48 Å². The largest absolute Gasteiger partial charge is 0.476 e. The molecule has 0 fully saturated rings. The molecule has 1 aromatic heterocycles. The Morgan fingerprint density at radius 3 is 2.50 bits per heavy atom. The summed E-state index contributed by atoms with van der Waals surface area (Å²) < 4.78 is 1.52. The van der Waals surface area contributed by atoms with E-state index in [0.717, 1.165) is 11.3 Å². The Morgan fingerprint density at radius 1 is 1.28 bits per heavy atom. The van der Waals surface area contributed by atoms with Crippen molar-refractivity contribution >= 4 is 12.0 Å². The van der Waals surface area contributed by atoms with Gasteiger partial charge < -0.3 is 5.11 Å². The number of hydrogen-bond donors (Lipinski definition) is 1. The van der Waals surface area contributed by atoms with Crippen LogP contribution in [-0.4, -0.2) is 26.1 Å². The summed E-state index contributed by atoms with van der Waals surface area (Å²) in [6.45, 7) is 3.79. The highest BCUT2D eigenvalue weighted by Crippen LogP contribution is 2.16. The van der Waals surface area contributed by atoms with Crippen molar-refractivity contribution in [3.63, 3.8) is 0 Å². The van der Waals surface area contributed by atoms with Gasteiger partial charge in [0.25, 0.3) is 0 Å². The average molecular weight is 243 g/mol. The van der Waals surface area contributed by atoms with Crippen molar-refractivity contribution in [2.24, 2.45) is 0 Å². The molecule has 1 heterocycles. The Morgan fingerprint density at radius 2 is 1.94 bits per heavy atom. The van der Waals surface area contributed by atoms with Gasteiger partial charge in [-0.2, -0.15) is 0 Å². The normalized spacial score (nSPS) is 10.1. The molecule has 0 saturated carbocycles. The molecule has 0 spiro atoms. The van der Waals surface area contributed by atoms with Crippen molar-refractivity contribution in [3.8, 4) is 5.69 Å². The zero-order chi connectivity index (χ0) is 13.1. The molecule has 0 saturated heterocycles. The molecular formula is C13H13N3O2. The fourth-order valence-corrected chi connectivity index (χ4v) is 1.60. The highest BCUT2D eigenvalue weighted by Gasteiger charge is 2.17. The molecule has 0 atom stereocenters. The lowest BCUT2D eigenvalue weighted by Crippen LogP contribution is -2.03. The standard InChI is InChI=1S/C13H13N3O2/c1-9(2)8-11-12(13(17)18)14-15-16(11)10-6-4-3-5-7-10/h3-8H,1-2H3,(H,17,18). The minimum atomic E-state index is -1.08. The number of carbonyl (C=O) groups is 1. The Bertz CT molecular complexity index is 596. The molecule has 0 aliphatic heterocycles. The Kier molecular flexibility index (Phi) is 3.23. The molecule has 2 rings (SSSR count). The van der Waals surface area contributed by atoms with Crippen LogP contribution in [-0.2, 0) is 0 Å². The lowest BCUT2D eigenvalue weighted by Gasteiger charge is -2.03. The zero-order valence-corrected chi connectivity index (χ0v) is 10.2. The lowest BCUT2D eigenvalue weighted by molar-refractivity contribution is 0.0690. The fourth-order valence-electron chi connectivity index (χ4n) is 1.60. The SMILES string of the molecule is CC(C)=Cc1c(C(=O)O)nnn1-c1ccccc1. The van der Waals surface area contributed by atoms with E-state index in [-0.39, 0.29) is 5.69 Å². The van der Waals surface area contributed by atoms with E-state index in [1.807, 2.05) is 44.2 Å². The van der Waals surface area contributed by atoms with Gasteiger partial charge in [0.15, 0.2) is 5.69 Å². The molecule has 5 nitrogen and oxygen atoms in total. The number of aromatic carboxylic acids is 1. The Labute approximate surface area is 104 Å². The lowest BCUT2D eigenvalue weighted by atomic mass is 10.2. The number of rotatable bonds is 3. The monoisotopic (exact) mass is 243 g/mol.